The number of aliphatic hydroxyl groups excluding tert-OH is 2. The molecule has 36 heavy (non-hydrogen) atoms. The molecular formula is C29H36N2O5. The van der Waals surface area contributed by atoms with Crippen LogP contribution in [0.25, 0.3) is 0 Å². The highest BCUT2D eigenvalue weighted by Gasteiger charge is 2.13. The first-order chi connectivity index (χ1) is 17.4. The maximum atomic E-state index is 12.5. The number of carbonyl (C=O) groups is 1. The largest absolute Gasteiger partial charge is 0.508 e. The lowest BCUT2D eigenvalue weighted by Crippen LogP contribution is -2.32. The number of amides is 1. The van der Waals surface area contributed by atoms with Gasteiger partial charge in [-0.05, 0) is 55.2 Å². The van der Waals surface area contributed by atoms with Crippen molar-refractivity contribution < 1.29 is 24.9 Å². The predicted octanol–water partition coefficient (Wildman–Crippen LogP) is 3.40. The van der Waals surface area contributed by atoms with Crippen molar-refractivity contribution in [2.45, 2.75) is 52.0 Å². The van der Waals surface area contributed by atoms with E-state index in [1.54, 1.807) is 12.1 Å². The van der Waals surface area contributed by atoms with E-state index in [1.165, 1.54) is 6.07 Å². The third kappa shape index (κ3) is 8.09. The van der Waals surface area contributed by atoms with E-state index in [0.717, 1.165) is 28.9 Å². The van der Waals surface area contributed by atoms with Crippen molar-refractivity contribution in [1.29, 1.82) is 0 Å². The van der Waals surface area contributed by atoms with Crippen LogP contribution in [0.5, 0.6) is 11.5 Å². The highest BCUT2D eigenvalue weighted by molar-refractivity contribution is 5.78. The van der Waals surface area contributed by atoms with Crippen molar-refractivity contribution in [3.63, 3.8) is 0 Å². The lowest BCUT2D eigenvalue weighted by molar-refractivity contribution is -0.120. The van der Waals surface area contributed by atoms with Gasteiger partial charge in [0.25, 0.3) is 0 Å². The Morgan fingerprint density at radius 2 is 1.78 bits per heavy atom. The van der Waals surface area contributed by atoms with Crippen LogP contribution in [0.15, 0.2) is 66.7 Å². The van der Waals surface area contributed by atoms with Crippen LogP contribution >= 0.6 is 0 Å². The Morgan fingerprint density at radius 1 is 1.00 bits per heavy atom. The molecule has 0 spiro atoms. The molecule has 0 saturated carbocycles. The minimum absolute atomic E-state index is 0.0127. The topological polar surface area (TPSA) is 111 Å². The minimum Gasteiger partial charge on any atom is -0.508 e. The van der Waals surface area contributed by atoms with E-state index in [2.05, 4.69) is 10.6 Å². The maximum absolute atomic E-state index is 12.5. The lowest BCUT2D eigenvalue weighted by Gasteiger charge is -2.18. The molecule has 0 aliphatic rings. The number of hydrogen-bond acceptors (Lipinski definition) is 6. The van der Waals surface area contributed by atoms with E-state index in [0.29, 0.717) is 37.2 Å². The van der Waals surface area contributed by atoms with Crippen LogP contribution in [0, 0.1) is 0 Å². The summed E-state index contributed by atoms with van der Waals surface area (Å²) in [5.41, 5.74) is 4.01. The van der Waals surface area contributed by atoms with Crippen LogP contribution in [-0.2, 0) is 30.8 Å². The van der Waals surface area contributed by atoms with Gasteiger partial charge in [0.15, 0.2) is 0 Å². The van der Waals surface area contributed by atoms with E-state index < -0.39 is 6.10 Å². The average Bonchev–Trinajstić information content (AvgIpc) is 2.87. The second-order valence-corrected chi connectivity index (χ2v) is 8.89. The van der Waals surface area contributed by atoms with Crippen molar-refractivity contribution in [3.8, 4) is 11.5 Å². The van der Waals surface area contributed by atoms with Gasteiger partial charge in [0.2, 0.25) is 5.91 Å². The van der Waals surface area contributed by atoms with Crippen LogP contribution in [0.1, 0.15) is 47.8 Å². The number of nitrogens with one attached hydrogen (secondary N) is 2. The van der Waals surface area contributed by atoms with Crippen molar-refractivity contribution in [3.05, 3.63) is 94.5 Å². The van der Waals surface area contributed by atoms with Gasteiger partial charge in [-0.25, -0.2) is 0 Å². The summed E-state index contributed by atoms with van der Waals surface area (Å²) in [5.74, 6) is 0.746. The molecule has 7 heteroatoms. The van der Waals surface area contributed by atoms with Crippen LogP contribution in [-0.4, -0.2) is 40.4 Å². The van der Waals surface area contributed by atoms with E-state index in [9.17, 15) is 20.1 Å². The third-order valence-electron chi connectivity index (χ3n) is 5.96. The summed E-state index contributed by atoms with van der Waals surface area (Å²) in [5, 5.41) is 35.8. The van der Waals surface area contributed by atoms with E-state index >= 15 is 0 Å². The normalized spacial score (nSPS) is 12.7. The van der Waals surface area contributed by atoms with Gasteiger partial charge in [-0.15, -0.1) is 0 Å². The first-order valence-corrected chi connectivity index (χ1v) is 12.3. The van der Waals surface area contributed by atoms with Crippen LogP contribution in [0.3, 0.4) is 0 Å². The molecule has 2 atom stereocenters. The Bertz CT molecular complexity index is 1130. The van der Waals surface area contributed by atoms with Gasteiger partial charge in [-0.3, -0.25) is 4.79 Å². The summed E-state index contributed by atoms with van der Waals surface area (Å²) in [6.45, 7) is 5.01. The fraction of sp³-hybridized carbons (Fsp3) is 0.345. The lowest BCUT2D eigenvalue weighted by atomic mass is 10.0. The summed E-state index contributed by atoms with van der Waals surface area (Å²) in [4.78, 5) is 12.5. The van der Waals surface area contributed by atoms with Gasteiger partial charge in [0.1, 0.15) is 11.5 Å². The smallest absolute Gasteiger partial charge is 0.224 e. The Kier molecular flexibility index (Phi) is 10.3. The molecule has 0 fully saturated rings. The first-order valence-electron chi connectivity index (χ1n) is 12.3. The molecule has 0 radical (unpaired) electrons. The number of rotatable bonds is 13. The van der Waals surface area contributed by atoms with Gasteiger partial charge in [0, 0.05) is 30.3 Å². The molecular weight excluding hydrogens is 456 g/mol. The Morgan fingerprint density at radius 3 is 2.56 bits per heavy atom. The molecule has 0 aliphatic carbocycles. The van der Waals surface area contributed by atoms with Gasteiger partial charge >= 0.3 is 0 Å². The average molecular weight is 493 g/mol. The molecule has 5 N–H and O–H groups in total. The van der Waals surface area contributed by atoms with Crippen molar-refractivity contribution in [2.75, 3.05) is 13.2 Å². The zero-order chi connectivity index (χ0) is 25.9. The molecule has 0 saturated heterocycles. The van der Waals surface area contributed by atoms with Crippen LogP contribution < -0.4 is 15.4 Å². The van der Waals surface area contributed by atoms with Gasteiger partial charge in [-0.1, -0.05) is 48.5 Å². The summed E-state index contributed by atoms with van der Waals surface area (Å²) in [6, 6.07) is 20.5. The fourth-order valence-corrected chi connectivity index (χ4v) is 4.05. The number of aromatic hydroxyl groups is 1. The molecule has 3 aromatic carbocycles. The number of benzene rings is 3. The Labute approximate surface area is 212 Å². The monoisotopic (exact) mass is 492 g/mol. The van der Waals surface area contributed by atoms with Crippen LogP contribution in [0.4, 0.5) is 0 Å². The van der Waals surface area contributed by atoms with Gasteiger partial charge in [0.05, 0.1) is 25.7 Å². The number of hydrogen-bond donors (Lipinski definition) is 5. The highest BCUT2D eigenvalue weighted by atomic mass is 16.5. The molecule has 3 rings (SSSR count). The van der Waals surface area contributed by atoms with Gasteiger partial charge < -0.3 is 30.7 Å². The number of para-hydroxylation sites is 1. The van der Waals surface area contributed by atoms with Crippen molar-refractivity contribution in [1.82, 2.24) is 10.6 Å². The molecule has 0 heterocycles. The quantitative estimate of drug-likeness (QED) is 0.250. The Balaban J connectivity index is 1.48. The van der Waals surface area contributed by atoms with Crippen LogP contribution in [0.2, 0.25) is 0 Å². The summed E-state index contributed by atoms with van der Waals surface area (Å²) in [7, 11) is 0. The molecule has 0 aliphatic heterocycles. The van der Waals surface area contributed by atoms with E-state index in [1.807, 2.05) is 62.4 Å². The SMILES string of the molecule is CCOc1ccccc1CNC(=O)Cc1cccc(C[C@@H](C)NC[C@H](O)c2ccc(O)c(CO)c2)c1. The van der Waals surface area contributed by atoms with E-state index in [-0.39, 0.29) is 24.3 Å². The van der Waals surface area contributed by atoms with Gasteiger partial charge in [-0.2, -0.15) is 0 Å². The van der Waals surface area contributed by atoms with E-state index in [4.69, 9.17) is 4.74 Å². The Hall–Kier alpha value is -3.39. The zero-order valence-electron chi connectivity index (χ0n) is 20.9. The summed E-state index contributed by atoms with van der Waals surface area (Å²) < 4.78 is 5.62. The predicted molar refractivity (Wildman–Crippen MR) is 140 cm³/mol. The molecule has 0 aromatic heterocycles. The van der Waals surface area contributed by atoms with Crippen molar-refractivity contribution >= 4 is 5.91 Å². The molecule has 3 aromatic rings. The number of phenols is 1. The molecule has 7 nitrogen and oxygen atoms in total. The molecule has 0 bridgehead atoms. The number of ether oxygens (including phenoxy) is 1. The molecule has 1 amide bonds. The third-order valence-corrected chi connectivity index (χ3v) is 5.96. The number of carbonyl (C=O) groups excluding carboxylic acids is 1. The first kappa shape index (κ1) is 27.2. The summed E-state index contributed by atoms with van der Waals surface area (Å²) in [6.07, 6.45) is 0.266. The van der Waals surface area contributed by atoms with Crippen molar-refractivity contribution in [2.24, 2.45) is 0 Å². The maximum Gasteiger partial charge on any atom is 0.224 e. The highest BCUT2D eigenvalue weighted by Crippen LogP contribution is 2.22. The fourth-order valence-electron chi connectivity index (χ4n) is 4.05. The number of aliphatic hydroxyl groups is 2. The standard InChI is InChI=1S/C29H36N2O5/c1-3-36-28-10-5-4-9-24(28)17-31-29(35)15-22-8-6-7-21(14-22)13-20(2)30-18-27(34)23-11-12-26(33)25(16-23)19-32/h4-12,14,16,20,27,30,32-34H,3,13,15,17-19H2,1-2H3,(H,31,35)/t20-,27+/m1/s1. The molecule has 0 unspecified atom stereocenters. The second kappa shape index (κ2) is 13.6. The summed E-state index contributed by atoms with van der Waals surface area (Å²) >= 11 is 0. The molecule has 192 valence electrons. The second-order valence-electron chi connectivity index (χ2n) is 8.89. The zero-order valence-corrected chi connectivity index (χ0v) is 20.9. The minimum atomic E-state index is -0.763.